The van der Waals surface area contributed by atoms with E-state index in [0.29, 0.717) is 12.3 Å². The molecule has 0 spiro atoms. The number of rotatable bonds is 3. The van der Waals surface area contributed by atoms with Crippen molar-refractivity contribution in [2.24, 2.45) is 5.73 Å². The highest BCUT2D eigenvalue weighted by atomic mass is 32.2. The molecule has 1 saturated heterocycles. The van der Waals surface area contributed by atoms with Crippen LogP contribution in [0.25, 0.3) is 0 Å². The van der Waals surface area contributed by atoms with Crippen molar-refractivity contribution >= 4 is 29.7 Å². The van der Waals surface area contributed by atoms with Gasteiger partial charge in [-0.15, -0.1) is 11.8 Å². The number of nitrogens with one attached hydrogen (secondary N) is 1. The number of nitrogens with two attached hydrogens (primary N) is 1. The van der Waals surface area contributed by atoms with Crippen LogP contribution in [0.4, 0.5) is 4.79 Å². The normalized spacial score (nSPS) is 20.4. The van der Waals surface area contributed by atoms with Crippen LogP contribution in [0.5, 0.6) is 0 Å². The lowest BCUT2D eigenvalue weighted by Crippen LogP contribution is -2.51. The molecular formula is C12H21N3O4S. The van der Waals surface area contributed by atoms with Gasteiger partial charge in [0.2, 0.25) is 5.91 Å². The Hall–Kier alpha value is -1.44. The number of hydrogen-bond donors (Lipinski definition) is 2. The van der Waals surface area contributed by atoms with E-state index in [9.17, 15) is 14.4 Å². The van der Waals surface area contributed by atoms with Gasteiger partial charge in [0.15, 0.2) is 5.37 Å². The zero-order chi connectivity index (χ0) is 15.5. The van der Waals surface area contributed by atoms with Crippen LogP contribution in [0, 0.1) is 0 Å². The Labute approximate surface area is 122 Å². The van der Waals surface area contributed by atoms with E-state index >= 15 is 0 Å². The van der Waals surface area contributed by atoms with Crippen molar-refractivity contribution in [2.45, 2.75) is 44.7 Å². The molecule has 8 heteroatoms. The summed E-state index contributed by atoms with van der Waals surface area (Å²) in [6, 6.07) is -0.774. The monoisotopic (exact) mass is 303 g/mol. The molecule has 114 valence electrons. The predicted octanol–water partition coefficient (Wildman–Crippen LogP) is 0.286. The molecule has 0 aromatic heterocycles. The third-order valence-corrected chi connectivity index (χ3v) is 3.73. The van der Waals surface area contributed by atoms with Gasteiger partial charge in [0, 0.05) is 12.3 Å². The molecule has 1 aliphatic heterocycles. The number of carbonyl (C=O) groups excluding carboxylic acids is 3. The lowest BCUT2D eigenvalue weighted by Gasteiger charge is -2.27. The first-order chi connectivity index (χ1) is 9.11. The minimum atomic E-state index is -0.774. The molecule has 0 aliphatic carbocycles. The summed E-state index contributed by atoms with van der Waals surface area (Å²) in [5.41, 5.74) is 4.48. The minimum absolute atomic E-state index is 0.412. The fourth-order valence-electron chi connectivity index (χ4n) is 1.55. The molecule has 0 aromatic carbocycles. The maximum Gasteiger partial charge on any atom is 0.411 e. The van der Waals surface area contributed by atoms with Crippen molar-refractivity contribution in [1.29, 1.82) is 0 Å². The highest BCUT2D eigenvalue weighted by molar-refractivity contribution is 8.00. The number of ether oxygens (including phenoxy) is 1. The van der Waals surface area contributed by atoms with Gasteiger partial charge in [0.05, 0.1) is 0 Å². The quantitative estimate of drug-likeness (QED) is 0.780. The maximum absolute atomic E-state index is 12.1. The molecule has 1 aliphatic rings. The minimum Gasteiger partial charge on any atom is -0.444 e. The molecule has 1 rings (SSSR count). The van der Waals surface area contributed by atoms with Crippen LogP contribution in [0.2, 0.25) is 0 Å². The molecular weight excluding hydrogens is 282 g/mol. The van der Waals surface area contributed by atoms with E-state index in [1.54, 1.807) is 20.8 Å². The average molecular weight is 303 g/mol. The summed E-state index contributed by atoms with van der Waals surface area (Å²) < 4.78 is 5.26. The first-order valence-corrected chi connectivity index (χ1v) is 7.37. The Bertz CT molecular complexity index is 408. The second-order valence-corrected chi connectivity index (χ2v) is 6.72. The molecule has 2 unspecified atom stereocenters. The Kier molecular flexibility index (Phi) is 5.27. The highest BCUT2D eigenvalue weighted by Gasteiger charge is 2.37. The molecule has 3 N–H and O–H groups in total. The molecule has 1 heterocycles. The number of hydrogen-bond acceptors (Lipinski definition) is 5. The summed E-state index contributed by atoms with van der Waals surface area (Å²) in [4.78, 5) is 36.4. The number of primary amides is 1. The fraction of sp³-hybridized carbons (Fsp3) is 0.750. The van der Waals surface area contributed by atoms with Crippen molar-refractivity contribution in [1.82, 2.24) is 10.2 Å². The molecule has 7 nitrogen and oxygen atoms in total. The Balaban J connectivity index is 2.67. The van der Waals surface area contributed by atoms with Gasteiger partial charge < -0.3 is 15.8 Å². The van der Waals surface area contributed by atoms with E-state index in [1.807, 2.05) is 0 Å². The smallest absolute Gasteiger partial charge is 0.411 e. The number of nitrogens with zero attached hydrogens (tertiary/aromatic N) is 1. The molecule has 0 aromatic rings. The van der Waals surface area contributed by atoms with Crippen LogP contribution in [0.3, 0.4) is 0 Å². The summed E-state index contributed by atoms with van der Waals surface area (Å²) in [7, 11) is 0. The van der Waals surface area contributed by atoms with Gasteiger partial charge in [-0.05, 0) is 27.7 Å². The topological polar surface area (TPSA) is 102 Å². The van der Waals surface area contributed by atoms with Crippen molar-refractivity contribution in [2.75, 3.05) is 12.3 Å². The zero-order valence-corrected chi connectivity index (χ0v) is 13.0. The van der Waals surface area contributed by atoms with Crippen molar-refractivity contribution in [3.63, 3.8) is 0 Å². The van der Waals surface area contributed by atoms with Gasteiger partial charge in [-0.25, -0.2) is 4.79 Å². The number of thioether (sulfide) groups is 1. The zero-order valence-electron chi connectivity index (χ0n) is 12.1. The Morgan fingerprint density at radius 1 is 1.40 bits per heavy atom. The second kappa shape index (κ2) is 6.34. The summed E-state index contributed by atoms with van der Waals surface area (Å²) >= 11 is 1.33. The molecule has 20 heavy (non-hydrogen) atoms. The third kappa shape index (κ3) is 4.59. The standard InChI is InChI=1S/C12H21N3O4S/c1-7(8(13)16)14-9(17)10-15(5-6-20-10)11(18)19-12(2,3)4/h7,10H,5-6H2,1-4H3,(H2,13,16)(H,14,17). The number of carbonyl (C=O) groups is 3. The maximum atomic E-state index is 12.1. The first-order valence-electron chi connectivity index (χ1n) is 6.33. The molecule has 2 atom stereocenters. The Morgan fingerprint density at radius 3 is 2.50 bits per heavy atom. The van der Waals surface area contributed by atoms with E-state index in [1.165, 1.54) is 23.6 Å². The Morgan fingerprint density at radius 2 is 2.00 bits per heavy atom. The van der Waals surface area contributed by atoms with Crippen LogP contribution >= 0.6 is 11.8 Å². The van der Waals surface area contributed by atoms with Gasteiger partial charge in [-0.2, -0.15) is 0 Å². The van der Waals surface area contributed by atoms with Crippen LogP contribution in [0.1, 0.15) is 27.7 Å². The van der Waals surface area contributed by atoms with E-state index in [0.717, 1.165) is 0 Å². The van der Waals surface area contributed by atoms with Gasteiger partial charge in [-0.3, -0.25) is 14.5 Å². The van der Waals surface area contributed by atoms with Crippen molar-refractivity contribution in [3.8, 4) is 0 Å². The first kappa shape index (κ1) is 16.6. The van der Waals surface area contributed by atoms with Crippen molar-refractivity contribution < 1.29 is 19.1 Å². The lowest BCUT2D eigenvalue weighted by molar-refractivity contribution is -0.128. The van der Waals surface area contributed by atoms with Gasteiger partial charge in [-0.1, -0.05) is 0 Å². The van der Waals surface area contributed by atoms with E-state index in [4.69, 9.17) is 10.5 Å². The van der Waals surface area contributed by atoms with Gasteiger partial charge >= 0.3 is 6.09 Å². The van der Waals surface area contributed by atoms with Crippen LogP contribution in [0.15, 0.2) is 0 Å². The molecule has 0 bridgehead atoms. The summed E-state index contributed by atoms with van der Waals surface area (Å²) in [5, 5.41) is 1.80. The highest BCUT2D eigenvalue weighted by Crippen LogP contribution is 2.26. The van der Waals surface area contributed by atoms with E-state index in [2.05, 4.69) is 5.32 Å². The fourth-order valence-corrected chi connectivity index (χ4v) is 2.67. The van der Waals surface area contributed by atoms with E-state index in [-0.39, 0.29) is 0 Å². The van der Waals surface area contributed by atoms with Gasteiger partial charge in [0.1, 0.15) is 11.6 Å². The van der Waals surface area contributed by atoms with Crippen LogP contribution in [-0.4, -0.2) is 52.1 Å². The average Bonchev–Trinajstić information content (AvgIpc) is 2.74. The molecule has 3 amide bonds. The van der Waals surface area contributed by atoms with E-state index < -0.39 is 34.9 Å². The summed E-state index contributed by atoms with van der Waals surface area (Å²) in [5.74, 6) is -0.391. The summed E-state index contributed by atoms with van der Waals surface area (Å²) in [6.45, 7) is 7.22. The summed E-state index contributed by atoms with van der Waals surface area (Å²) in [6.07, 6.45) is -0.533. The molecule has 0 radical (unpaired) electrons. The van der Waals surface area contributed by atoms with Crippen molar-refractivity contribution in [3.05, 3.63) is 0 Å². The third-order valence-electron chi connectivity index (χ3n) is 2.53. The SMILES string of the molecule is CC(NC(=O)C1SCCN1C(=O)OC(C)(C)C)C(N)=O. The molecule has 1 fully saturated rings. The number of amides is 3. The van der Waals surface area contributed by atoms with Gasteiger partial charge in [0.25, 0.3) is 5.91 Å². The van der Waals surface area contributed by atoms with Crippen LogP contribution < -0.4 is 11.1 Å². The van der Waals surface area contributed by atoms with Crippen LogP contribution in [-0.2, 0) is 14.3 Å². The predicted molar refractivity (Wildman–Crippen MR) is 76.0 cm³/mol. The lowest BCUT2D eigenvalue weighted by atomic mass is 10.2. The molecule has 0 saturated carbocycles. The largest absolute Gasteiger partial charge is 0.444 e. The second-order valence-electron chi connectivity index (χ2n) is 5.53.